The second-order valence-corrected chi connectivity index (χ2v) is 9.16. The fourth-order valence-corrected chi connectivity index (χ4v) is 5.64. The summed E-state index contributed by atoms with van der Waals surface area (Å²) in [4.78, 5) is 12.5. The summed E-state index contributed by atoms with van der Waals surface area (Å²) in [5.41, 5.74) is 3.72. The maximum Gasteiger partial charge on any atom is 0.139 e. The fourth-order valence-electron chi connectivity index (χ4n) is 4.36. The van der Waals surface area contributed by atoms with Crippen molar-refractivity contribution in [2.75, 3.05) is 19.5 Å². The summed E-state index contributed by atoms with van der Waals surface area (Å²) in [6.07, 6.45) is 5.47. The first-order chi connectivity index (χ1) is 15.7. The van der Waals surface area contributed by atoms with Gasteiger partial charge in [0.2, 0.25) is 0 Å². The lowest BCUT2D eigenvalue weighted by Crippen LogP contribution is -2.08. The molecule has 1 aliphatic carbocycles. The highest BCUT2D eigenvalue weighted by Gasteiger charge is 2.21. The van der Waals surface area contributed by atoms with Crippen LogP contribution in [0.1, 0.15) is 40.2 Å². The van der Waals surface area contributed by atoms with Gasteiger partial charge in [0.25, 0.3) is 0 Å². The molecule has 0 saturated heterocycles. The van der Waals surface area contributed by atoms with Gasteiger partial charge in [-0.2, -0.15) is 0 Å². The molecule has 0 amide bonds. The number of hydrogen-bond acceptors (Lipinski definition) is 6. The molecular weight excluding hydrogens is 418 g/mol. The predicted molar refractivity (Wildman–Crippen MR) is 130 cm³/mol. The summed E-state index contributed by atoms with van der Waals surface area (Å²) < 4.78 is 10.9. The lowest BCUT2D eigenvalue weighted by atomic mass is 9.97. The summed E-state index contributed by atoms with van der Waals surface area (Å²) in [6.45, 7) is 0.620. The molecule has 0 bridgehead atoms. The molecule has 0 fully saturated rings. The first kappa shape index (κ1) is 20.8. The maximum absolute atomic E-state index is 5.59. The van der Waals surface area contributed by atoms with E-state index < -0.39 is 0 Å². The molecule has 0 unspecified atom stereocenters. The van der Waals surface area contributed by atoms with Crippen LogP contribution in [-0.2, 0) is 25.8 Å². The number of nitrogens with one attached hydrogen (secondary N) is 1. The topological polar surface area (TPSA) is 56.3 Å². The van der Waals surface area contributed by atoms with Crippen molar-refractivity contribution in [1.82, 2.24) is 9.97 Å². The van der Waals surface area contributed by atoms with Gasteiger partial charge in [-0.3, -0.25) is 0 Å². The largest absolute Gasteiger partial charge is 0.497 e. The molecular formula is C26H27N3O2S. The zero-order valence-corrected chi connectivity index (χ0v) is 19.3. The van der Waals surface area contributed by atoms with Crippen LogP contribution in [0, 0.1) is 0 Å². The lowest BCUT2D eigenvalue weighted by Gasteiger charge is -2.15. The van der Waals surface area contributed by atoms with Crippen LogP contribution in [0.15, 0.2) is 48.5 Å². The van der Waals surface area contributed by atoms with Gasteiger partial charge >= 0.3 is 0 Å². The molecule has 0 saturated carbocycles. The molecule has 2 heterocycles. The van der Waals surface area contributed by atoms with Crippen molar-refractivity contribution in [3.05, 3.63) is 75.9 Å². The Morgan fingerprint density at radius 1 is 0.969 bits per heavy atom. The average molecular weight is 446 g/mol. The van der Waals surface area contributed by atoms with Crippen molar-refractivity contribution >= 4 is 27.4 Å². The van der Waals surface area contributed by atoms with Crippen molar-refractivity contribution in [1.29, 1.82) is 0 Å². The minimum Gasteiger partial charge on any atom is -0.497 e. The molecule has 5 nitrogen and oxygen atoms in total. The van der Waals surface area contributed by atoms with Crippen molar-refractivity contribution in [3.8, 4) is 11.5 Å². The Balaban J connectivity index is 1.52. The number of hydrogen-bond donors (Lipinski definition) is 1. The third-order valence-electron chi connectivity index (χ3n) is 6.01. The number of aryl methyl sites for hydroxylation is 2. The van der Waals surface area contributed by atoms with Crippen LogP contribution in [-0.4, -0.2) is 24.2 Å². The number of thiophene rings is 1. The van der Waals surface area contributed by atoms with Gasteiger partial charge < -0.3 is 14.8 Å². The summed E-state index contributed by atoms with van der Waals surface area (Å²) in [6, 6.07) is 16.3. The Kier molecular flexibility index (Phi) is 5.95. The monoisotopic (exact) mass is 445 g/mol. The Morgan fingerprint density at radius 2 is 1.81 bits per heavy atom. The summed E-state index contributed by atoms with van der Waals surface area (Å²) in [5, 5.41) is 4.82. The van der Waals surface area contributed by atoms with Gasteiger partial charge in [-0.15, -0.1) is 11.3 Å². The fraction of sp³-hybridized carbons (Fsp3) is 0.308. The smallest absolute Gasteiger partial charge is 0.139 e. The molecule has 4 aromatic rings. The van der Waals surface area contributed by atoms with Crippen LogP contribution in [0.2, 0.25) is 0 Å². The van der Waals surface area contributed by atoms with E-state index in [2.05, 4.69) is 29.6 Å². The van der Waals surface area contributed by atoms with E-state index in [1.165, 1.54) is 34.2 Å². The number of methoxy groups -OCH3 is 2. The van der Waals surface area contributed by atoms with Gasteiger partial charge in [0.1, 0.15) is 28.0 Å². The molecule has 1 N–H and O–H groups in total. The summed E-state index contributed by atoms with van der Waals surface area (Å²) in [5.74, 6) is 3.37. The number of fused-ring (bicyclic) bond motifs is 3. The Bertz CT molecular complexity index is 1240. The van der Waals surface area contributed by atoms with Crippen LogP contribution < -0.4 is 14.8 Å². The van der Waals surface area contributed by atoms with E-state index in [1.54, 1.807) is 14.2 Å². The van der Waals surface area contributed by atoms with Gasteiger partial charge in [0, 0.05) is 29.5 Å². The van der Waals surface area contributed by atoms with Crippen molar-refractivity contribution in [3.63, 3.8) is 0 Å². The predicted octanol–water partition coefficient (Wildman–Crippen LogP) is 5.79. The van der Waals surface area contributed by atoms with Crippen LogP contribution in [0.3, 0.4) is 0 Å². The van der Waals surface area contributed by atoms with Crippen molar-refractivity contribution in [2.45, 2.75) is 38.6 Å². The number of ether oxygens (including phenoxy) is 2. The Morgan fingerprint density at radius 3 is 2.62 bits per heavy atom. The van der Waals surface area contributed by atoms with Crippen LogP contribution in [0.4, 0.5) is 5.82 Å². The summed E-state index contributed by atoms with van der Waals surface area (Å²) in [7, 11) is 3.35. The van der Waals surface area contributed by atoms with Crippen LogP contribution in [0.5, 0.6) is 11.5 Å². The van der Waals surface area contributed by atoms with E-state index in [9.17, 15) is 0 Å². The van der Waals surface area contributed by atoms with E-state index in [0.29, 0.717) is 6.54 Å². The van der Waals surface area contributed by atoms with Gasteiger partial charge in [0.15, 0.2) is 0 Å². The zero-order chi connectivity index (χ0) is 21.9. The number of anilines is 1. The quantitative estimate of drug-likeness (QED) is 0.390. The average Bonchev–Trinajstić information content (AvgIpc) is 3.21. The van der Waals surface area contributed by atoms with Gasteiger partial charge in [-0.1, -0.05) is 30.3 Å². The molecule has 0 atom stereocenters. The molecule has 0 radical (unpaired) electrons. The van der Waals surface area contributed by atoms with Gasteiger partial charge in [-0.25, -0.2) is 9.97 Å². The van der Waals surface area contributed by atoms with Crippen LogP contribution in [0.25, 0.3) is 10.2 Å². The number of nitrogens with zero attached hydrogens (tertiary/aromatic N) is 2. The van der Waals surface area contributed by atoms with Crippen molar-refractivity contribution in [2.24, 2.45) is 0 Å². The molecule has 32 heavy (non-hydrogen) atoms. The zero-order valence-electron chi connectivity index (χ0n) is 18.5. The second kappa shape index (κ2) is 9.17. The molecule has 5 rings (SSSR count). The van der Waals surface area contributed by atoms with E-state index in [1.807, 2.05) is 35.6 Å². The lowest BCUT2D eigenvalue weighted by molar-refractivity contribution is 0.391. The number of rotatable bonds is 7. The standard InChI is InChI=1S/C26H27N3O2S/c1-30-19-13-12-18(21(15-19)31-2)16-27-25-24-20-10-6-7-11-22(20)32-26(24)29-23(28-25)14-17-8-4-3-5-9-17/h3-5,8-9,12-13,15H,6-7,10-11,14,16H2,1-2H3,(H,27,28,29). The normalized spacial score (nSPS) is 13.1. The first-order valence-electron chi connectivity index (χ1n) is 11.0. The molecule has 2 aromatic heterocycles. The third-order valence-corrected chi connectivity index (χ3v) is 7.19. The highest BCUT2D eigenvalue weighted by Crippen LogP contribution is 2.39. The molecule has 0 spiro atoms. The Hall–Kier alpha value is -3.12. The Labute approximate surface area is 192 Å². The third kappa shape index (κ3) is 4.15. The molecule has 0 aliphatic heterocycles. The SMILES string of the molecule is COc1ccc(CNc2nc(Cc3ccccc3)nc3sc4c(c23)CCCC4)c(OC)c1. The molecule has 1 aliphatic rings. The molecule has 164 valence electrons. The van der Waals surface area contributed by atoms with Gasteiger partial charge in [-0.05, 0) is 48.9 Å². The van der Waals surface area contributed by atoms with Crippen molar-refractivity contribution < 1.29 is 9.47 Å². The second-order valence-electron chi connectivity index (χ2n) is 8.07. The van der Waals surface area contributed by atoms with E-state index in [4.69, 9.17) is 19.4 Å². The van der Waals surface area contributed by atoms with Gasteiger partial charge in [0.05, 0.1) is 19.6 Å². The van der Waals surface area contributed by atoms with E-state index in [0.717, 1.165) is 52.8 Å². The molecule has 6 heteroatoms. The van der Waals surface area contributed by atoms with E-state index >= 15 is 0 Å². The minimum absolute atomic E-state index is 0.620. The minimum atomic E-state index is 0.620. The molecule has 2 aromatic carbocycles. The number of benzene rings is 2. The number of aromatic nitrogens is 2. The highest BCUT2D eigenvalue weighted by molar-refractivity contribution is 7.19. The highest BCUT2D eigenvalue weighted by atomic mass is 32.1. The first-order valence-corrected chi connectivity index (χ1v) is 11.9. The van der Waals surface area contributed by atoms with Crippen LogP contribution >= 0.6 is 11.3 Å². The van der Waals surface area contributed by atoms with E-state index in [-0.39, 0.29) is 0 Å². The summed E-state index contributed by atoms with van der Waals surface area (Å²) >= 11 is 1.84. The maximum atomic E-state index is 5.59.